The van der Waals surface area contributed by atoms with E-state index in [2.05, 4.69) is 5.32 Å². The molecule has 0 saturated carbocycles. The molecule has 116 valence electrons. The summed E-state index contributed by atoms with van der Waals surface area (Å²) in [6.45, 7) is 6.46. The van der Waals surface area contributed by atoms with E-state index in [1.54, 1.807) is 26.1 Å². The fraction of sp³-hybridized carbons (Fsp3) is 0.467. The molecule has 0 aliphatic carbocycles. The SMILES string of the molecule is Cc1cccc(C(=O)O)c1NC(=O)N(C)CCOC(C)C. The van der Waals surface area contributed by atoms with E-state index in [1.807, 2.05) is 13.8 Å². The summed E-state index contributed by atoms with van der Waals surface area (Å²) in [7, 11) is 1.64. The summed E-state index contributed by atoms with van der Waals surface area (Å²) < 4.78 is 5.38. The number of nitrogens with zero attached hydrogens (tertiary/aromatic N) is 1. The highest BCUT2D eigenvalue weighted by atomic mass is 16.5. The van der Waals surface area contributed by atoms with Crippen LogP contribution in [0.15, 0.2) is 18.2 Å². The highest BCUT2D eigenvalue weighted by Gasteiger charge is 2.16. The average Bonchev–Trinajstić information content (AvgIpc) is 2.40. The molecule has 0 saturated heterocycles. The molecule has 0 aliphatic rings. The minimum Gasteiger partial charge on any atom is -0.478 e. The van der Waals surface area contributed by atoms with Gasteiger partial charge in [-0.05, 0) is 32.4 Å². The van der Waals surface area contributed by atoms with Crippen molar-refractivity contribution in [1.82, 2.24) is 4.90 Å². The highest BCUT2D eigenvalue weighted by Crippen LogP contribution is 2.20. The number of urea groups is 1. The van der Waals surface area contributed by atoms with Crippen LogP contribution in [0.25, 0.3) is 0 Å². The number of anilines is 1. The number of para-hydroxylation sites is 1. The maximum absolute atomic E-state index is 12.1. The summed E-state index contributed by atoms with van der Waals surface area (Å²) in [5.74, 6) is -1.07. The van der Waals surface area contributed by atoms with Crippen molar-refractivity contribution in [3.8, 4) is 0 Å². The summed E-state index contributed by atoms with van der Waals surface area (Å²) in [6, 6.07) is 4.50. The average molecular weight is 294 g/mol. The Bertz CT molecular complexity index is 514. The second-order valence-electron chi connectivity index (χ2n) is 5.07. The Morgan fingerprint density at radius 2 is 2.05 bits per heavy atom. The fourth-order valence-corrected chi connectivity index (χ4v) is 1.74. The van der Waals surface area contributed by atoms with Crippen LogP contribution in [0, 0.1) is 6.92 Å². The number of nitrogens with one attached hydrogen (secondary N) is 1. The minimum atomic E-state index is -1.07. The monoisotopic (exact) mass is 294 g/mol. The number of amides is 2. The van der Waals surface area contributed by atoms with Gasteiger partial charge in [0.25, 0.3) is 0 Å². The first-order chi connectivity index (χ1) is 9.82. The Kier molecular flexibility index (Phi) is 6.17. The van der Waals surface area contributed by atoms with Gasteiger partial charge in [-0.2, -0.15) is 0 Å². The van der Waals surface area contributed by atoms with Crippen molar-refractivity contribution < 1.29 is 19.4 Å². The number of hydrogen-bond donors (Lipinski definition) is 2. The van der Waals surface area contributed by atoms with Crippen LogP contribution in [0.1, 0.15) is 29.8 Å². The summed E-state index contributed by atoms with van der Waals surface area (Å²) >= 11 is 0. The van der Waals surface area contributed by atoms with Crippen LogP contribution in [0.4, 0.5) is 10.5 Å². The van der Waals surface area contributed by atoms with Gasteiger partial charge in [-0.3, -0.25) is 0 Å². The van der Waals surface area contributed by atoms with E-state index in [9.17, 15) is 9.59 Å². The van der Waals surface area contributed by atoms with E-state index in [-0.39, 0.29) is 17.7 Å². The third kappa shape index (κ3) is 5.07. The Balaban J connectivity index is 2.72. The lowest BCUT2D eigenvalue weighted by Crippen LogP contribution is -2.35. The quantitative estimate of drug-likeness (QED) is 0.845. The van der Waals surface area contributed by atoms with Gasteiger partial charge in [0.1, 0.15) is 0 Å². The molecule has 1 aromatic rings. The second-order valence-corrected chi connectivity index (χ2v) is 5.07. The Morgan fingerprint density at radius 1 is 1.38 bits per heavy atom. The van der Waals surface area contributed by atoms with E-state index in [1.165, 1.54) is 11.0 Å². The van der Waals surface area contributed by atoms with Crippen molar-refractivity contribution >= 4 is 17.7 Å². The number of likely N-dealkylation sites (N-methyl/N-ethyl adjacent to an activating group) is 1. The molecule has 0 radical (unpaired) electrons. The molecular weight excluding hydrogens is 272 g/mol. The van der Waals surface area contributed by atoms with Gasteiger partial charge in [0, 0.05) is 13.6 Å². The zero-order valence-corrected chi connectivity index (χ0v) is 12.8. The van der Waals surface area contributed by atoms with Gasteiger partial charge >= 0.3 is 12.0 Å². The Labute approximate surface area is 124 Å². The molecule has 0 bridgehead atoms. The predicted molar refractivity (Wildman–Crippen MR) is 80.9 cm³/mol. The van der Waals surface area contributed by atoms with Crippen LogP contribution >= 0.6 is 0 Å². The summed E-state index contributed by atoms with van der Waals surface area (Å²) in [5.41, 5.74) is 1.11. The molecular formula is C15H22N2O4. The number of carboxylic acid groups (broad SMARTS) is 1. The number of aromatic carboxylic acids is 1. The highest BCUT2D eigenvalue weighted by molar-refractivity contribution is 6.00. The number of carbonyl (C=O) groups is 2. The van der Waals surface area contributed by atoms with Crippen molar-refractivity contribution in [3.05, 3.63) is 29.3 Å². The zero-order chi connectivity index (χ0) is 16.0. The molecule has 0 aliphatic heterocycles. The van der Waals surface area contributed by atoms with Crippen LogP contribution in [-0.4, -0.2) is 48.3 Å². The lowest BCUT2D eigenvalue weighted by Gasteiger charge is -2.20. The summed E-state index contributed by atoms with van der Waals surface area (Å²) in [6.07, 6.45) is 0.108. The van der Waals surface area contributed by atoms with Crippen LogP contribution in [0.3, 0.4) is 0 Å². The Morgan fingerprint density at radius 3 is 2.62 bits per heavy atom. The molecule has 21 heavy (non-hydrogen) atoms. The lowest BCUT2D eigenvalue weighted by molar-refractivity contribution is 0.0687. The standard InChI is InChI=1S/C15H22N2O4/c1-10(2)21-9-8-17(4)15(20)16-13-11(3)6-5-7-12(13)14(18)19/h5-7,10H,8-9H2,1-4H3,(H,16,20)(H,18,19). The van der Waals surface area contributed by atoms with Gasteiger partial charge in [0.05, 0.1) is 24.0 Å². The van der Waals surface area contributed by atoms with Crippen LogP contribution < -0.4 is 5.32 Å². The molecule has 0 aromatic heterocycles. The number of carboxylic acids is 1. The van der Waals surface area contributed by atoms with Gasteiger partial charge in [0.15, 0.2) is 0 Å². The van der Waals surface area contributed by atoms with Gasteiger partial charge in [-0.1, -0.05) is 12.1 Å². The Hall–Kier alpha value is -2.08. The van der Waals surface area contributed by atoms with Gasteiger partial charge < -0.3 is 20.1 Å². The number of aryl methyl sites for hydroxylation is 1. The summed E-state index contributed by atoms with van der Waals surface area (Å²) in [4.78, 5) is 24.7. The number of ether oxygens (including phenoxy) is 1. The third-order valence-electron chi connectivity index (χ3n) is 2.96. The number of benzene rings is 1. The van der Waals surface area contributed by atoms with E-state index in [0.717, 1.165) is 0 Å². The first kappa shape index (κ1) is 17.0. The first-order valence-corrected chi connectivity index (χ1v) is 6.79. The van der Waals surface area contributed by atoms with Crippen molar-refractivity contribution in [3.63, 3.8) is 0 Å². The van der Waals surface area contributed by atoms with Crippen molar-refractivity contribution in [2.45, 2.75) is 26.9 Å². The van der Waals surface area contributed by atoms with Gasteiger partial charge in [-0.25, -0.2) is 9.59 Å². The van der Waals surface area contributed by atoms with Crippen LogP contribution in [-0.2, 0) is 4.74 Å². The van der Waals surface area contributed by atoms with Crippen molar-refractivity contribution in [2.24, 2.45) is 0 Å². The number of carbonyl (C=O) groups excluding carboxylic acids is 1. The topological polar surface area (TPSA) is 78.9 Å². The zero-order valence-electron chi connectivity index (χ0n) is 12.8. The maximum Gasteiger partial charge on any atom is 0.337 e. The number of hydrogen-bond acceptors (Lipinski definition) is 3. The summed E-state index contributed by atoms with van der Waals surface area (Å²) in [5, 5.41) is 11.8. The van der Waals surface area contributed by atoms with E-state index < -0.39 is 5.97 Å². The van der Waals surface area contributed by atoms with Gasteiger partial charge in [-0.15, -0.1) is 0 Å². The smallest absolute Gasteiger partial charge is 0.337 e. The second kappa shape index (κ2) is 7.64. The van der Waals surface area contributed by atoms with Gasteiger partial charge in [0.2, 0.25) is 0 Å². The van der Waals surface area contributed by atoms with E-state index >= 15 is 0 Å². The minimum absolute atomic E-state index is 0.0789. The van der Waals surface area contributed by atoms with E-state index in [0.29, 0.717) is 24.4 Å². The molecule has 1 aromatic carbocycles. The first-order valence-electron chi connectivity index (χ1n) is 6.79. The molecule has 6 heteroatoms. The molecule has 6 nitrogen and oxygen atoms in total. The maximum atomic E-state index is 12.1. The molecule has 0 unspecified atom stereocenters. The number of rotatable bonds is 6. The third-order valence-corrected chi connectivity index (χ3v) is 2.96. The van der Waals surface area contributed by atoms with Crippen molar-refractivity contribution in [2.75, 3.05) is 25.5 Å². The van der Waals surface area contributed by atoms with Crippen molar-refractivity contribution in [1.29, 1.82) is 0 Å². The molecule has 0 spiro atoms. The van der Waals surface area contributed by atoms with E-state index in [4.69, 9.17) is 9.84 Å². The molecule has 0 atom stereocenters. The molecule has 2 amide bonds. The lowest BCUT2D eigenvalue weighted by atomic mass is 10.1. The normalized spacial score (nSPS) is 10.5. The largest absolute Gasteiger partial charge is 0.478 e. The van der Waals surface area contributed by atoms with Crippen LogP contribution in [0.2, 0.25) is 0 Å². The molecule has 0 fully saturated rings. The molecule has 1 rings (SSSR count). The molecule has 0 heterocycles. The fourth-order valence-electron chi connectivity index (χ4n) is 1.74. The molecule has 2 N–H and O–H groups in total. The predicted octanol–water partition coefficient (Wildman–Crippen LogP) is 2.58. The van der Waals surface area contributed by atoms with Crippen LogP contribution in [0.5, 0.6) is 0 Å².